The molecule has 2 amide bonds. The Morgan fingerprint density at radius 3 is 2.56 bits per heavy atom. The molecule has 1 fully saturated rings. The zero-order valence-electron chi connectivity index (χ0n) is 20.5. The van der Waals surface area contributed by atoms with Gasteiger partial charge in [-0.25, -0.2) is 8.78 Å². The highest BCUT2D eigenvalue weighted by atomic mass is 19.2. The summed E-state index contributed by atoms with van der Waals surface area (Å²) in [6.07, 6.45) is 3.18. The fourth-order valence-electron chi connectivity index (χ4n) is 4.81. The van der Waals surface area contributed by atoms with Gasteiger partial charge in [-0.05, 0) is 62.1 Å². The van der Waals surface area contributed by atoms with Crippen molar-refractivity contribution in [2.45, 2.75) is 64.2 Å². The number of nitrogens with two attached hydrogens (primary N) is 1. The maximum Gasteiger partial charge on any atom is 0.243 e. The number of carbonyl (C=O) groups is 2. The monoisotopic (exact) mass is 498 g/mol. The third-order valence-corrected chi connectivity index (χ3v) is 6.90. The number of carbonyl (C=O) groups excluding carboxylic acids is 2. The second-order valence-corrected chi connectivity index (χ2v) is 9.58. The lowest BCUT2D eigenvalue weighted by molar-refractivity contribution is -0.130. The summed E-state index contributed by atoms with van der Waals surface area (Å²) in [6, 6.07) is 8.54. The SMILES string of the molecule is C[C@@H]1CCC[C@H](C)N1CC(=O)NC(Cc1ccc(F)c(F)c1)C(=O)NCc1ccc2c(N)n[nH]c2c1. The molecule has 1 aliphatic heterocycles. The molecule has 10 heteroatoms. The number of nitrogens with zero attached hydrogens (tertiary/aromatic N) is 2. The predicted molar refractivity (Wildman–Crippen MR) is 134 cm³/mol. The number of aromatic amines is 1. The topological polar surface area (TPSA) is 116 Å². The quantitative estimate of drug-likeness (QED) is 0.381. The molecular weight excluding hydrogens is 466 g/mol. The van der Waals surface area contributed by atoms with E-state index in [-0.39, 0.29) is 37.5 Å². The van der Waals surface area contributed by atoms with Crippen LogP contribution in [0, 0.1) is 11.6 Å². The lowest BCUT2D eigenvalue weighted by Crippen LogP contribution is -2.53. The number of nitrogens with one attached hydrogen (secondary N) is 3. The third-order valence-electron chi connectivity index (χ3n) is 6.90. The van der Waals surface area contributed by atoms with Gasteiger partial charge in [-0.2, -0.15) is 5.10 Å². The van der Waals surface area contributed by atoms with E-state index < -0.39 is 23.6 Å². The molecule has 1 aliphatic rings. The molecule has 2 heterocycles. The van der Waals surface area contributed by atoms with Gasteiger partial charge in [0, 0.05) is 30.4 Å². The largest absolute Gasteiger partial charge is 0.382 e. The number of H-pyrrole nitrogens is 1. The van der Waals surface area contributed by atoms with Gasteiger partial charge in [-0.3, -0.25) is 19.6 Å². The van der Waals surface area contributed by atoms with Crippen LogP contribution in [0.25, 0.3) is 10.9 Å². The minimum absolute atomic E-state index is 0.0238. The van der Waals surface area contributed by atoms with Gasteiger partial charge in [0.15, 0.2) is 17.5 Å². The summed E-state index contributed by atoms with van der Waals surface area (Å²) in [6.45, 7) is 4.57. The fraction of sp³-hybridized carbons (Fsp3) is 0.423. The van der Waals surface area contributed by atoms with Gasteiger partial charge in [0.2, 0.25) is 11.8 Å². The van der Waals surface area contributed by atoms with Crippen LogP contribution in [0.15, 0.2) is 36.4 Å². The summed E-state index contributed by atoms with van der Waals surface area (Å²) in [5.74, 6) is -2.27. The van der Waals surface area contributed by atoms with Gasteiger partial charge < -0.3 is 16.4 Å². The number of hydrogen-bond acceptors (Lipinski definition) is 5. The summed E-state index contributed by atoms with van der Waals surface area (Å²) in [4.78, 5) is 28.2. The van der Waals surface area contributed by atoms with E-state index in [1.54, 1.807) is 0 Å². The van der Waals surface area contributed by atoms with E-state index in [2.05, 4.69) is 39.6 Å². The van der Waals surface area contributed by atoms with E-state index in [9.17, 15) is 18.4 Å². The number of likely N-dealkylation sites (tertiary alicyclic amines) is 1. The van der Waals surface area contributed by atoms with Crippen LogP contribution < -0.4 is 16.4 Å². The molecule has 4 rings (SSSR count). The number of aromatic nitrogens is 2. The third kappa shape index (κ3) is 5.99. The van der Waals surface area contributed by atoms with Gasteiger partial charge in [0.1, 0.15) is 6.04 Å². The summed E-state index contributed by atoms with van der Waals surface area (Å²) in [7, 11) is 0. The standard InChI is InChI=1S/C26H32F2N6O2/c1-15-4-3-5-16(2)34(15)14-24(35)31-23(11-17-7-9-20(27)21(28)10-17)26(36)30-13-18-6-8-19-22(12-18)32-33-25(19)29/h6-10,12,15-16,23H,3-5,11,13-14H2,1-2H3,(H,30,36)(H,31,35)(H3,29,32,33)/t15-,16+,23?. The Labute approximate surface area is 208 Å². The number of benzene rings is 2. The fourth-order valence-corrected chi connectivity index (χ4v) is 4.81. The second-order valence-electron chi connectivity index (χ2n) is 9.58. The molecule has 0 aliphatic carbocycles. The minimum Gasteiger partial charge on any atom is -0.382 e. The molecule has 192 valence electrons. The van der Waals surface area contributed by atoms with E-state index in [0.717, 1.165) is 47.9 Å². The molecule has 0 radical (unpaired) electrons. The molecule has 2 aromatic carbocycles. The van der Waals surface area contributed by atoms with Gasteiger partial charge in [0.05, 0.1) is 12.1 Å². The molecular formula is C26H32F2N6O2. The Bertz CT molecular complexity index is 1240. The Morgan fingerprint density at radius 1 is 1.11 bits per heavy atom. The van der Waals surface area contributed by atoms with Crippen molar-refractivity contribution in [3.8, 4) is 0 Å². The summed E-state index contributed by atoms with van der Waals surface area (Å²) < 4.78 is 27.2. The van der Waals surface area contributed by atoms with Crippen molar-refractivity contribution >= 4 is 28.5 Å². The number of rotatable bonds is 8. The average molecular weight is 499 g/mol. The number of nitrogen functional groups attached to an aromatic ring is 1. The maximum atomic E-state index is 13.8. The lowest BCUT2D eigenvalue weighted by Gasteiger charge is -2.38. The molecule has 1 aromatic heterocycles. The van der Waals surface area contributed by atoms with Crippen LogP contribution in [0.3, 0.4) is 0 Å². The van der Waals surface area contributed by atoms with E-state index in [0.29, 0.717) is 11.4 Å². The van der Waals surface area contributed by atoms with Gasteiger partial charge in [-0.1, -0.05) is 18.6 Å². The number of piperidine rings is 1. The molecule has 0 spiro atoms. The van der Waals surface area contributed by atoms with Crippen molar-refractivity contribution in [3.05, 3.63) is 59.2 Å². The molecule has 3 atom stereocenters. The normalized spacial score (nSPS) is 19.2. The van der Waals surface area contributed by atoms with Crippen LogP contribution in [0.1, 0.15) is 44.2 Å². The molecule has 1 unspecified atom stereocenters. The second kappa shape index (κ2) is 11.0. The lowest BCUT2D eigenvalue weighted by atomic mass is 9.97. The van der Waals surface area contributed by atoms with Gasteiger partial charge in [-0.15, -0.1) is 0 Å². The first-order valence-corrected chi connectivity index (χ1v) is 12.2. The Balaban J connectivity index is 1.46. The van der Waals surface area contributed by atoms with Crippen molar-refractivity contribution in [2.24, 2.45) is 0 Å². The van der Waals surface area contributed by atoms with E-state index in [1.165, 1.54) is 6.07 Å². The number of anilines is 1. The van der Waals surface area contributed by atoms with Crippen LogP contribution in [-0.4, -0.2) is 51.6 Å². The van der Waals surface area contributed by atoms with Crippen molar-refractivity contribution in [1.82, 2.24) is 25.7 Å². The molecule has 5 N–H and O–H groups in total. The molecule has 36 heavy (non-hydrogen) atoms. The minimum atomic E-state index is -0.999. The first-order chi connectivity index (χ1) is 17.2. The number of hydrogen-bond donors (Lipinski definition) is 4. The van der Waals surface area contributed by atoms with Crippen LogP contribution in [0.5, 0.6) is 0 Å². The first-order valence-electron chi connectivity index (χ1n) is 12.2. The van der Waals surface area contributed by atoms with E-state index >= 15 is 0 Å². The first kappa shape index (κ1) is 25.6. The van der Waals surface area contributed by atoms with Crippen LogP contribution in [-0.2, 0) is 22.6 Å². The predicted octanol–water partition coefficient (Wildman–Crippen LogP) is 3.03. The molecule has 0 saturated carbocycles. The molecule has 0 bridgehead atoms. The van der Waals surface area contributed by atoms with Crippen LogP contribution in [0.2, 0.25) is 0 Å². The zero-order chi connectivity index (χ0) is 25.8. The van der Waals surface area contributed by atoms with Crippen LogP contribution in [0.4, 0.5) is 14.6 Å². The highest BCUT2D eigenvalue weighted by Gasteiger charge is 2.28. The Morgan fingerprint density at radius 2 is 1.83 bits per heavy atom. The molecule has 1 saturated heterocycles. The van der Waals surface area contributed by atoms with E-state index in [4.69, 9.17) is 5.73 Å². The highest BCUT2D eigenvalue weighted by Crippen LogP contribution is 2.22. The van der Waals surface area contributed by atoms with Crippen LogP contribution >= 0.6 is 0 Å². The maximum absolute atomic E-state index is 13.8. The Hall–Kier alpha value is -3.53. The summed E-state index contributed by atoms with van der Waals surface area (Å²) in [5, 5.41) is 13.3. The highest BCUT2D eigenvalue weighted by molar-refractivity contribution is 5.90. The smallest absolute Gasteiger partial charge is 0.243 e. The molecule has 3 aromatic rings. The van der Waals surface area contributed by atoms with Gasteiger partial charge in [0.25, 0.3) is 0 Å². The van der Waals surface area contributed by atoms with Crippen molar-refractivity contribution in [3.63, 3.8) is 0 Å². The Kier molecular flexibility index (Phi) is 7.83. The zero-order valence-corrected chi connectivity index (χ0v) is 20.5. The number of fused-ring (bicyclic) bond motifs is 1. The van der Waals surface area contributed by atoms with Gasteiger partial charge >= 0.3 is 0 Å². The molecule has 8 nitrogen and oxygen atoms in total. The number of amides is 2. The van der Waals surface area contributed by atoms with Crippen molar-refractivity contribution in [2.75, 3.05) is 12.3 Å². The average Bonchev–Trinajstić information content (AvgIpc) is 3.22. The van der Waals surface area contributed by atoms with Crippen molar-refractivity contribution in [1.29, 1.82) is 0 Å². The van der Waals surface area contributed by atoms with Crippen molar-refractivity contribution < 1.29 is 18.4 Å². The summed E-state index contributed by atoms with van der Waals surface area (Å²) >= 11 is 0. The van der Waals surface area contributed by atoms with E-state index in [1.807, 2.05) is 18.2 Å². The summed E-state index contributed by atoms with van der Waals surface area (Å²) in [5.41, 5.74) is 7.77. The number of halogens is 2.